The number of aromatic hydroxyl groups is 1. The average molecular weight is 424 g/mol. The number of phenolic OH excluding ortho intramolecular Hbond substituents is 1. The van der Waals surface area contributed by atoms with E-state index in [2.05, 4.69) is 10.2 Å². The van der Waals surface area contributed by atoms with Crippen molar-refractivity contribution in [2.45, 2.75) is 18.4 Å². The van der Waals surface area contributed by atoms with Crippen molar-refractivity contribution in [2.24, 2.45) is 0 Å². The predicted octanol–water partition coefficient (Wildman–Crippen LogP) is 1.88. The van der Waals surface area contributed by atoms with Crippen molar-refractivity contribution in [3.8, 4) is 17.0 Å². The molecule has 3 N–H and O–H groups in total. The molecule has 1 aromatic heterocycles. The van der Waals surface area contributed by atoms with Gasteiger partial charge < -0.3 is 20.0 Å². The van der Waals surface area contributed by atoms with Gasteiger partial charge in [-0.05, 0) is 31.0 Å². The zero-order valence-electron chi connectivity index (χ0n) is 16.6. The molecule has 1 aliphatic carbocycles. The van der Waals surface area contributed by atoms with Crippen LogP contribution in [0.1, 0.15) is 23.2 Å². The lowest BCUT2D eigenvalue weighted by Gasteiger charge is -2.35. The van der Waals surface area contributed by atoms with E-state index in [0.717, 1.165) is 0 Å². The van der Waals surface area contributed by atoms with Crippen molar-refractivity contribution < 1.29 is 24.2 Å². The molecule has 1 saturated heterocycles. The van der Waals surface area contributed by atoms with Gasteiger partial charge in [-0.2, -0.15) is 5.10 Å². The molecule has 9 heteroatoms. The fourth-order valence-corrected chi connectivity index (χ4v) is 4.00. The molecule has 2 heterocycles. The summed E-state index contributed by atoms with van der Waals surface area (Å²) in [5.41, 5.74) is 0.281. The van der Waals surface area contributed by atoms with Gasteiger partial charge in [0.2, 0.25) is 0 Å². The molecule has 5 rings (SSSR count). The number of piperazine rings is 1. The van der Waals surface area contributed by atoms with Crippen LogP contribution < -0.4 is 0 Å². The average Bonchev–Trinajstić information content (AvgIpc) is 3.37. The SMILES string of the molecule is O=C(c1ccc(-c2[nH]nc3c(F)cccc23)cc1O)N1CCN(C(=O)C2(O)CC2)CC1. The number of nitrogens with one attached hydrogen (secondary N) is 1. The Morgan fingerprint density at radius 3 is 2.45 bits per heavy atom. The minimum Gasteiger partial charge on any atom is -0.507 e. The van der Waals surface area contributed by atoms with Gasteiger partial charge in [-0.1, -0.05) is 18.2 Å². The quantitative estimate of drug-likeness (QED) is 0.595. The molecule has 31 heavy (non-hydrogen) atoms. The van der Waals surface area contributed by atoms with Gasteiger partial charge in [-0.15, -0.1) is 0 Å². The van der Waals surface area contributed by atoms with Crippen LogP contribution in [0.4, 0.5) is 4.39 Å². The highest BCUT2D eigenvalue weighted by Gasteiger charge is 2.50. The Bertz CT molecular complexity index is 1200. The lowest BCUT2D eigenvalue weighted by atomic mass is 10.0. The largest absolute Gasteiger partial charge is 0.507 e. The number of benzene rings is 2. The first-order chi connectivity index (χ1) is 14.9. The standard InChI is InChI=1S/C22H21FN4O4/c23-16-3-1-2-15-18(24-25-19(15)16)13-4-5-14(17(28)12-13)20(29)26-8-10-27(11-9-26)21(30)22(31)6-7-22/h1-5,12,28,31H,6-11H2,(H,24,25). The molecule has 0 spiro atoms. The van der Waals surface area contributed by atoms with E-state index in [-0.39, 0.29) is 28.6 Å². The summed E-state index contributed by atoms with van der Waals surface area (Å²) < 4.78 is 13.9. The van der Waals surface area contributed by atoms with Gasteiger partial charge >= 0.3 is 0 Å². The third-order valence-electron chi connectivity index (χ3n) is 6.03. The Kier molecular flexibility index (Phi) is 4.44. The number of nitrogens with zero attached hydrogens (tertiary/aromatic N) is 3. The van der Waals surface area contributed by atoms with Crippen molar-refractivity contribution in [1.29, 1.82) is 0 Å². The van der Waals surface area contributed by atoms with Crippen molar-refractivity contribution in [1.82, 2.24) is 20.0 Å². The van der Waals surface area contributed by atoms with Crippen molar-refractivity contribution >= 4 is 22.7 Å². The Morgan fingerprint density at radius 1 is 1.06 bits per heavy atom. The van der Waals surface area contributed by atoms with Crippen molar-refractivity contribution in [3.63, 3.8) is 0 Å². The van der Waals surface area contributed by atoms with E-state index in [1.54, 1.807) is 28.0 Å². The number of H-pyrrole nitrogens is 1. The summed E-state index contributed by atoms with van der Waals surface area (Å²) in [5.74, 6) is -1.23. The first kappa shape index (κ1) is 19.5. The van der Waals surface area contributed by atoms with Crippen LogP contribution >= 0.6 is 0 Å². The molecule has 1 aliphatic heterocycles. The van der Waals surface area contributed by atoms with Crippen LogP contribution in [0.5, 0.6) is 5.75 Å². The maximum Gasteiger partial charge on any atom is 0.257 e. The minimum absolute atomic E-state index is 0.152. The lowest BCUT2D eigenvalue weighted by molar-refractivity contribution is -0.143. The molecule has 2 amide bonds. The molecule has 0 radical (unpaired) electrons. The number of carbonyl (C=O) groups is 2. The van der Waals surface area contributed by atoms with Crippen molar-refractivity contribution in [2.75, 3.05) is 26.2 Å². The number of aliphatic hydroxyl groups is 1. The summed E-state index contributed by atoms with van der Waals surface area (Å²) in [7, 11) is 0. The second kappa shape index (κ2) is 7.05. The zero-order chi connectivity index (χ0) is 21.8. The van der Waals surface area contributed by atoms with E-state index in [0.29, 0.717) is 55.7 Å². The normalized spacial score (nSPS) is 17.7. The molecule has 8 nitrogen and oxygen atoms in total. The van der Waals surface area contributed by atoms with E-state index < -0.39 is 11.4 Å². The van der Waals surface area contributed by atoms with Crippen LogP contribution in [0.15, 0.2) is 36.4 Å². The molecule has 3 aromatic rings. The molecule has 0 atom stereocenters. The third-order valence-corrected chi connectivity index (χ3v) is 6.03. The van der Waals surface area contributed by atoms with E-state index in [4.69, 9.17) is 0 Å². The zero-order valence-corrected chi connectivity index (χ0v) is 16.6. The molecule has 1 saturated carbocycles. The summed E-state index contributed by atoms with van der Waals surface area (Å²) in [5, 5.41) is 27.9. The van der Waals surface area contributed by atoms with Crippen molar-refractivity contribution in [3.05, 3.63) is 47.8 Å². The van der Waals surface area contributed by atoms with Crippen LogP contribution in [0.2, 0.25) is 0 Å². The Morgan fingerprint density at radius 2 is 1.77 bits per heavy atom. The number of rotatable bonds is 3. The topological polar surface area (TPSA) is 110 Å². The number of aromatic nitrogens is 2. The van der Waals surface area contributed by atoms with Crippen LogP contribution in [-0.2, 0) is 4.79 Å². The Balaban J connectivity index is 1.33. The van der Waals surface area contributed by atoms with Gasteiger partial charge in [-0.3, -0.25) is 14.7 Å². The first-order valence-corrected chi connectivity index (χ1v) is 10.1. The Labute approximate surface area is 176 Å². The van der Waals surface area contributed by atoms with Gasteiger partial charge in [0.05, 0.1) is 11.3 Å². The van der Waals surface area contributed by atoms with Crippen LogP contribution in [0.25, 0.3) is 22.2 Å². The third kappa shape index (κ3) is 3.31. The minimum atomic E-state index is -1.21. The second-order valence-electron chi connectivity index (χ2n) is 8.08. The predicted molar refractivity (Wildman–Crippen MR) is 110 cm³/mol. The van der Waals surface area contributed by atoms with E-state index in [9.17, 15) is 24.2 Å². The van der Waals surface area contributed by atoms with Gasteiger partial charge in [-0.25, -0.2) is 4.39 Å². The highest BCUT2D eigenvalue weighted by atomic mass is 19.1. The number of hydrogen-bond acceptors (Lipinski definition) is 5. The van der Waals surface area contributed by atoms with E-state index >= 15 is 0 Å². The summed E-state index contributed by atoms with van der Waals surface area (Å²) in [6, 6.07) is 9.29. The van der Waals surface area contributed by atoms with Gasteiger partial charge in [0.15, 0.2) is 5.82 Å². The number of aromatic amines is 1. The molecule has 0 unspecified atom stereocenters. The highest BCUT2D eigenvalue weighted by Crippen LogP contribution is 2.37. The Hall–Kier alpha value is -3.46. The molecular formula is C22H21FN4O4. The number of hydrogen-bond donors (Lipinski definition) is 3. The molecule has 2 fully saturated rings. The maximum atomic E-state index is 13.9. The number of para-hydroxylation sites is 1. The fraction of sp³-hybridized carbons (Fsp3) is 0.318. The van der Waals surface area contributed by atoms with Crippen LogP contribution in [-0.4, -0.2) is 73.8 Å². The molecule has 160 valence electrons. The summed E-state index contributed by atoms with van der Waals surface area (Å²) in [6.07, 6.45) is 0.979. The number of amides is 2. The monoisotopic (exact) mass is 424 g/mol. The molecule has 0 bridgehead atoms. The smallest absolute Gasteiger partial charge is 0.257 e. The molecule has 2 aromatic carbocycles. The van der Waals surface area contributed by atoms with E-state index in [1.165, 1.54) is 18.2 Å². The van der Waals surface area contributed by atoms with Gasteiger partial charge in [0.1, 0.15) is 16.9 Å². The van der Waals surface area contributed by atoms with Gasteiger partial charge in [0.25, 0.3) is 11.8 Å². The van der Waals surface area contributed by atoms with Crippen LogP contribution in [0.3, 0.4) is 0 Å². The summed E-state index contributed by atoms with van der Waals surface area (Å²) in [6.45, 7) is 1.34. The van der Waals surface area contributed by atoms with Gasteiger partial charge in [0, 0.05) is 37.1 Å². The highest BCUT2D eigenvalue weighted by molar-refractivity contribution is 5.99. The van der Waals surface area contributed by atoms with Crippen LogP contribution in [0, 0.1) is 5.82 Å². The summed E-state index contributed by atoms with van der Waals surface area (Å²) in [4.78, 5) is 28.3. The fourth-order valence-electron chi connectivity index (χ4n) is 4.00. The summed E-state index contributed by atoms with van der Waals surface area (Å²) >= 11 is 0. The molecular weight excluding hydrogens is 403 g/mol. The number of phenols is 1. The maximum absolute atomic E-state index is 13.9. The van der Waals surface area contributed by atoms with E-state index in [1.807, 2.05) is 0 Å². The number of carbonyl (C=O) groups excluding carboxylic acids is 2. The number of halogens is 1. The lowest BCUT2D eigenvalue weighted by Crippen LogP contribution is -2.53. The molecule has 2 aliphatic rings. The second-order valence-corrected chi connectivity index (χ2v) is 8.08. The first-order valence-electron chi connectivity index (χ1n) is 10.1. The number of fused-ring (bicyclic) bond motifs is 1.